The van der Waals surface area contributed by atoms with E-state index in [1.807, 2.05) is 0 Å². The van der Waals surface area contributed by atoms with Crippen molar-refractivity contribution >= 4 is 19.0 Å². The Labute approximate surface area is 100.0 Å². The summed E-state index contributed by atoms with van der Waals surface area (Å²) in [5.41, 5.74) is 0. The molecule has 0 radical (unpaired) electrons. The number of hydrogen-bond acceptors (Lipinski definition) is 5. The van der Waals surface area contributed by atoms with Crippen LogP contribution < -0.4 is 4.52 Å². The van der Waals surface area contributed by atoms with Crippen LogP contribution in [0, 0.1) is 5.95 Å². The van der Waals surface area contributed by atoms with Crippen molar-refractivity contribution in [2.75, 3.05) is 0 Å². The summed E-state index contributed by atoms with van der Waals surface area (Å²) in [6, 6.07) is 3.75. The van der Waals surface area contributed by atoms with Gasteiger partial charge in [0.1, 0.15) is 6.33 Å². The highest BCUT2D eigenvalue weighted by Crippen LogP contribution is 2.45. The molecule has 0 bridgehead atoms. The van der Waals surface area contributed by atoms with Crippen LogP contribution in [-0.2, 0) is 4.57 Å². The third-order valence-electron chi connectivity index (χ3n) is 1.61. The van der Waals surface area contributed by atoms with Crippen molar-refractivity contribution in [2.45, 2.75) is 0 Å². The molecule has 0 saturated heterocycles. The molecule has 2 aromatic rings. The smallest absolute Gasteiger partial charge is 0.381 e. The van der Waals surface area contributed by atoms with Gasteiger partial charge in [0, 0.05) is 0 Å². The number of rotatable bonds is 3. The summed E-state index contributed by atoms with van der Waals surface area (Å²) in [7, 11) is 0. The molecule has 0 aliphatic heterocycles. The molecule has 90 valence electrons. The van der Waals surface area contributed by atoms with Gasteiger partial charge in [-0.3, -0.25) is 0 Å². The second-order valence-corrected chi connectivity index (χ2v) is 5.55. The van der Waals surface area contributed by atoms with E-state index in [2.05, 4.69) is 31.8 Å². The standard InChI is InChI=1S/C7H6FN4O3PS/c8-5-2-1-3-6(10-5)12-4-9-7(11-12)15-16(13,14)17/h1-4H,(H2,13,14,17). The first-order valence-corrected chi connectivity index (χ1v) is 6.97. The third kappa shape index (κ3) is 3.26. The first-order valence-electron chi connectivity index (χ1n) is 4.24. The van der Waals surface area contributed by atoms with E-state index >= 15 is 0 Å². The minimum absolute atomic E-state index is 0.166. The van der Waals surface area contributed by atoms with E-state index in [1.165, 1.54) is 24.5 Å². The summed E-state index contributed by atoms with van der Waals surface area (Å²) >= 11 is 3.30. The Kier molecular flexibility index (Phi) is 3.14. The lowest BCUT2D eigenvalue weighted by Crippen LogP contribution is -1.99. The van der Waals surface area contributed by atoms with Gasteiger partial charge in [0.2, 0.25) is 5.95 Å². The molecule has 0 amide bonds. The van der Waals surface area contributed by atoms with Gasteiger partial charge in [0.05, 0.1) is 0 Å². The average molecular weight is 276 g/mol. The van der Waals surface area contributed by atoms with Gasteiger partial charge < -0.3 is 9.42 Å². The average Bonchev–Trinajstić information content (AvgIpc) is 2.63. The van der Waals surface area contributed by atoms with Gasteiger partial charge in [-0.25, -0.2) is 9.55 Å². The number of nitrogens with zero attached hydrogens (tertiary/aromatic N) is 4. The van der Waals surface area contributed by atoms with Crippen LogP contribution in [-0.4, -0.2) is 24.6 Å². The molecule has 17 heavy (non-hydrogen) atoms. The van der Waals surface area contributed by atoms with E-state index in [9.17, 15) is 8.96 Å². The van der Waals surface area contributed by atoms with Crippen molar-refractivity contribution in [3.8, 4) is 11.8 Å². The lowest BCUT2D eigenvalue weighted by atomic mass is 10.4. The van der Waals surface area contributed by atoms with Gasteiger partial charge in [-0.05, 0) is 24.4 Å². The molecule has 2 rings (SSSR count). The minimum atomic E-state index is -4.01. The van der Waals surface area contributed by atoms with Crippen molar-refractivity contribution in [1.29, 1.82) is 0 Å². The molecule has 2 aromatic heterocycles. The van der Waals surface area contributed by atoms with E-state index in [0.29, 0.717) is 0 Å². The van der Waals surface area contributed by atoms with Crippen molar-refractivity contribution in [3.05, 3.63) is 30.5 Å². The maximum absolute atomic E-state index is 12.8. The number of halogens is 1. The van der Waals surface area contributed by atoms with Crippen LogP contribution in [0.4, 0.5) is 4.39 Å². The van der Waals surface area contributed by atoms with Crippen LogP contribution in [0.2, 0.25) is 0 Å². The number of hydrogen-bond donors (Lipinski definition) is 2. The summed E-state index contributed by atoms with van der Waals surface area (Å²) in [5, 5.41) is 3.68. The van der Waals surface area contributed by atoms with E-state index in [-0.39, 0.29) is 11.8 Å². The zero-order valence-corrected chi connectivity index (χ0v) is 9.92. The zero-order valence-electron chi connectivity index (χ0n) is 8.13. The van der Waals surface area contributed by atoms with E-state index < -0.39 is 12.7 Å². The maximum Gasteiger partial charge on any atom is 0.436 e. The van der Waals surface area contributed by atoms with E-state index in [4.69, 9.17) is 4.89 Å². The van der Waals surface area contributed by atoms with Gasteiger partial charge >= 0.3 is 12.8 Å². The molecule has 1 N–H and O–H groups in total. The van der Waals surface area contributed by atoms with E-state index in [1.54, 1.807) is 0 Å². The molecule has 0 spiro atoms. The van der Waals surface area contributed by atoms with Crippen molar-refractivity contribution < 1.29 is 18.4 Å². The predicted octanol–water partition coefficient (Wildman–Crippen LogP) is 1.21. The molecule has 0 aliphatic carbocycles. The molecule has 0 fully saturated rings. The predicted molar refractivity (Wildman–Crippen MR) is 58.6 cm³/mol. The van der Waals surface area contributed by atoms with Gasteiger partial charge in [0.25, 0.3) is 0 Å². The highest BCUT2D eigenvalue weighted by atomic mass is 32.7. The van der Waals surface area contributed by atoms with Gasteiger partial charge in [-0.2, -0.15) is 14.1 Å². The lowest BCUT2D eigenvalue weighted by molar-refractivity contribution is 0.389. The monoisotopic (exact) mass is 276 g/mol. The normalized spacial score (nSPS) is 14.3. The second kappa shape index (κ2) is 4.44. The molecule has 0 saturated carbocycles. The number of thiol groups is 1. The highest BCUT2D eigenvalue weighted by molar-refractivity contribution is 8.44. The molecule has 10 heteroatoms. The largest absolute Gasteiger partial charge is 0.436 e. The van der Waals surface area contributed by atoms with Crippen LogP contribution in [0.15, 0.2) is 24.5 Å². The summed E-state index contributed by atoms with van der Waals surface area (Å²) in [6.07, 6.45) is 1.17. The molecular formula is C7H6FN4O3PS. The first kappa shape index (κ1) is 12.0. The van der Waals surface area contributed by atoms with Crippen LogP contribution in [0.3, 0.4) is 0 Å². The van der Waals surface area contributed by atoms with Crippen LogP contribution in [0.25, 0.3) is 5.82 Å². The number of aromatic nitrogens is 4. The Hall–Kier alpha value is -1.44. The van der Waals surface area contributed by atoms with Crippen molar-refractivity contribution in [2.24, 2.45) is 0 Å². The van der Waals surface area contributed by atoms with Gasteiger partial charge in [0.15, 0.2) is 5.82 Å². The van der Waals surface area contributed by atoms with Crippen molar-refractivity contribution in [3.63, 3.8) is 0 Å². The Morgan fingerprint density at radius 2 is 2.29 bits per heavy atom. The molecule has 7 nitrogen and oxygen atoms in total. The van der Waals surface area contributed by atoms with E-state index in [0.717, 1.165) is 4.68 Å². The van der Waals surface area contributed by atoms with Gasteiger partial charge in [-0.15, -0.1) is 5.10 Å². The quantitative estimate of drug-likeness (QED) is 0.497. The summed E-state index contributed by atoms with van der Waals surface area (Å²) in [5.74, 6) is -0.512. The fraction of sp³-hybridized carbons (Fsp3) is 0. The molecular weight excluding hydrogens is 270 g/mol. The summed E-state index contributed by atoms with van der Waals surface area (Å²) in [4.78, 5) is 16.0. The Morgan fingerprint density at radius 3 is 2.94 bits per heavy atom. The summed E-state index contributed by atoms with van der Waals surface area (Å²) < 4.78 is 29.2. The fourth-order valence-corrected chi connectivity index (χ4v) is 1.55. The molecule has 0 aromatic carbocycles. The van der Waals surface area contributed by atoms with Crippen LogP contribution in [0.5, 0.6) is 6.01 Å². The van der Waals surface area contributed by atoms with Crippen LogP contribution >= 0.6 is 19.0 Å². The zero-order chi connectivity index (χ0) is 12.5. The topological polar surface area (TPSA) is 90.1 Å². The van der Waals surface area contributed by atoms with Crippen molar-refractivity contribution in [1.82, 2.24) is 19.7 Å². The molecule has 0 aliphatic rings. The third-order valence-corrected chi connectivity index (χ3v) is 2.25. The van der Waals surface area contributed by atoms with Gasteiger partial charge in [-0.1, -0.05) is 6.07 Å². The molecule has 2 heterocycles. The minimum Gasteiger partial charge on any atom is -0.381 e. The number of pyridine rings is 1. The SMILES string of the molecule is O=P(O)(S)Oc1ncn(-c2cccc(F)n2)n1. The molecule has 1 unspecified atom stereocenters. The maximum atomic E-state index is 12.8. The molecule has 1 atom stereocenters. The summed E-state index contributed by atoms with van der Waals surface area (Å²) in [6.45, 7) is -4.01. The van der Waals surface area contributed by atoms with Crippen LogP contribution in [0.1, 0.15) is 0 Å². The second-order valence-electron chi connectivity index (χ2n) is 2.87. The lowest BCUT2D eigenvalue weighted by Gasteiger charge is -2.01. The Bertz CT molecular complexity index is 586. The Balaban J connectivity index is 2.27. The fourth-order valence-electron chi connectivity index (χ4n) is 1.03. The first-order chi connectivity index (χ1) is 7.94. The highest BCUT2D eigenvalue weighted by Gasteiger charge is 2.17. The Morgan fingerprint density at radius 1 is 1.53 bits per heavy atom.